The van der Waals surface area contributed by atoms with E-state index in [1.807, 2.05) is 0 Å². The first-order chi connectivity index (χ1) is 30.7. The highest BCUT2D eigenvalue weighted by atomic mass is 14.2. The maximum Gasteiger partial charge on any atom is -0.0105 e. The average Bonchev–Trinajstić information content (AvgIpc) is 3.36. The molecule has 62 heavy (non-hydrogen) atoms. The van der Waals surface area contributed by atoms with Gasteiger partial charge in [0, 0.05) is 0 Å². The Balaban J connectivity index is 1.04. The summed E-state index contributed by atoms with van der Waals surface area (Å²) in [5.41, 5.74) is 18.9. The van der Waals surface area contributed by atoms with Crippen LogP contribution in [0.2, 0.25) is 0 Å². The minimum atomic E-state index is 1.14. The molecule has 9 aromatic rings. The van der Waals surface area contributed by atoms with E-state index in [1.54, 1.807) is 0 Å². The lowest BCUT2D eigenvalue weighted by atomic mass is 9.90. The molecule has 0 saturated carbocycles. The molecule has 0 nitrogen and oxygen atoms in total. The van der Waals surface area contributed by atoms with Gasteiger partial charge in [0.2, 0.25) is 0 Å². The standard InChI is InChI=1S/C62H46/c1-7-19-51(20-8-1)59(52-21-9-2-10-22-52)43-49-35-31-47(32-36-49)39-41-57-45-62(56-29-17-6-18-30-56)58(46-61(57)55-27-15-5-16-28-55)42-40-48-33-37-50(38-34-48)44-60(53-23-11-3-12-24-53)54-25-13-4-14-26-54/h1-46H. The maximum absolute atomic E-state index is 2.35. The molecule has 9 rings (SSSR count). The summed E-state index contributed by atoms with van der Waals surface area (Å²) in [6.07, 6.45) is 13.5. The Morgan fingerprint density at radius 1 is 0.242 bits per heavy atom. The maximum atomic E-state index is 2.35. The molecule has 9 aromatic carbocycles. The van der Waals surface area contributed by atoms with Crippen LogP contribution < -0.4 is 0 Å². The second kappa shape index (κ2) is 19.3. The minimum Gasteiger partial charge on any atom is -0.0622 e. The Morgan fingerprint density at radius 2 is 0.500 bits per heavy atom. The highest BCUT2D eigenvalue weighted by molar-refractivity contribution is 5.94. The summed E-state index contributed by atoms with van der Waals surface area (Å²) in [6, 6.07) is 86.3. The van der Waals surface area contributed by atoms with Crippen LogP contribution in [0, 0.1) is 0 Å². The zero-order valence-corrected chi connectivity index (χ0v) is 34.6. The van der Waals surface area contributed by atoms with Crippen LogP contribution in [0.3, 0.4) is 0 Å². The van der Waals surface area contributed by atoms with Crippen LogP contribution in [0.5, 0.6) is 0 Å². The molecule has 0 spiro atoms. The number of benzene rings is 9. The van der Waals surface area contributed by atoms with Crippen LogP contribution in [0.4, 0.5) is 0 Å². The van der Waals surface area contributed by atoms with Gasteiger partial charge >= 0.3 is 0 Å². The molecule has 294 valence electrons. The minimum absolute atomic E-state index is 1.14. The van der Waals surface area contributed by atoms with E-state index in [-0.39, 0.29) is 0 Å². The van der Waals surface area contributed by atoms with Crippen molar-refractivity contribution < 1.29 is 0 Å². The molecule has 0 aromatic heterocycles. The second-order valence-electron chi connectivity index (χ2n) is 15.3. The lowest BCUT2D eigenvalue weighted by Gasteiger charge is -2.14. The van der Waals surface area contributed by atoms with Crippen LogP contribution in [0.25, 0.3) is 69.9 Å². The molecule has 0 amide bonds. The molecule has 0 saturated heterocycles. The Bertz CT molecular complexity index is 2660. The molecule has 0 bridgehead atoms. The molecular formula is C62H46. The fourth-order valence-electron chi connectivity index (χ4n) is 7.89. The first kappa shape index (κ1) is 39.4. The largest absolute Gasteiger partial charge is 0.0622 e. The SMILES string of the molecule is C(=Cc1cc(-c2ccccc2)c(C=Cc2ccc(C=C(c3ccccc3)c3ccccc3)cc2)cc1-c1ccccc1)c1ccc(C=C(c2ccccc2)c2ccccc2)cc1. The van der Waals surface area contributed by atoms with Crippen LogP contribution in [-0.2, 0) is 0 Å². The predicted octanol–water partition coefficient (Wildman–Crippen LogP) is 16.5. The van der Waals surface area contributed by atoms with E-state index in [4.69, 9.17) is 0 Å². The van der Waals surface area contributed by atoms with Gasteiger partial charge in [-0.25, -0.2) is 0 Å². The average molecular weight is 791 g/mol. The van der Waals surface area contributed by atoms with E-state index in [2.05, 4.69) is 279 Å². The second-order valence-corrected chi connectivity index (χ2v) is 15.3. The summed E-state index contributed by atoms with van der Waals surface area (Å²) >= 11 is 0. The molecule has 0 radical (unpaired) electrons. The van der Waals surface area contributed by atoms with Crippen LogP contribution in [0.1, 0.15) is 55.6 Å². The molecule has 0 heterocycles. The lowest BCUT2D eigenvalue weighted by molar-refractivity contribution is 1.54. The molecule has 0 heteroatoms. The van der Waals surface area contributed by atoms with Crippen molar-refractivity contribution in [2.24, 2.45) is 0 Å². The van der Waals surface area contributed by atoms with Crippen LogP contribution >= 0.6 is 0 Å². The summed E-state index contributed by atoms with van der Waals surface area (Å²) in [5, 5.41) is 0. The summed E-state index contributed by atoms with van der Waals surface area (Å²) in [4.78, 5) is 0. The van der Waals surface area contributed by atoms with E-state index in [9.17, 15) is 0 Å². The van der Waals surface area contributed by atoms with E-state index in [1.165, 1.54) is 55.7 Å². The monoisotopic (exact) mass is 790 g/mol. The highest BCUT2D eigenvalue weighted by Gasteiger charge is 2.12. The van der Waals surface area contributed by atoms with Gasteiger partial charge < -0.3 is 0 Å². The highest BCUT2D eigenvalue weighted by Crippen LogP contribution is 2.35. The quantitative estimate of drug-likeness (QED) is 0.108. The van der Waals surface area contributed by atoms with Crippen LogP contribution in [0.15, 0.2) is 243 Å². The first-order valence-corrected chi connectivity index (χ1v) is 21.2. The molecule has 0 unspecified atom stereocenters. The zero-order chi connectivity index (χ0) is 41.8. The molecule has 0 aliphatic rings. The zero-order valence-electron chi connectivity index (χ0n) is 34.6. The van der Waals surface area contributed by atoms with Crippen molar-refractivity contribution in [3.8, 4) is 22.3 Å². The Morgan fingerprint density at radius 3 is 0.790 bits per heavy atom. The fraction of sp³-hybridized carbons (Fsp3) is 0. The molecule has 0 aliphatic heterocycles. The van der Waals surface area contributed by atoms with Crippen molar-refractivity contribution in [1.29, 1.82) is 0 Å². The van der Waals surface area contributed by atoms with Crippen molar-refractivity contribution in [1.82, 2.24) is 0 Å². The smallest absolute Gasteiger partial charge is 0.0105 e. The van der Waals surface area contributed by atoms with Gasteiger partial charge in [-0.15, -0.1) is 0 Å². The van der Waals surface area contributed by atoms with Gasteiger partial charge in [-0.05, 0) is 113 Å². The number of hydrogen-bond acceptors (Lipinski definition) is 0. The third-order valence-corrected chi connectivity index (χ3v) is 11.1. The first-order valence-electron chi connectivity index (χ1n) is 21.2. The Hall–Kier alpha value is -8.06. The van der Waals surface area contributed by atoms with Crippen molar-refractivity contribution in [3.63, 3.8) is 0 Å². The predicted molar refractivity (Wildman–Crippen MR) is 268 cm³/mol. The fourth-order valence-corrected chi connectivity index (χ4v) is 7.89. The topological polar surface area (TPSA) is 0 Å². The van der Waals surface area contributed by atoms with Crippen molar-refractivity contribution >= 4 is 47.6 Å². The van der Waals surface area contributed by atoms with Gasteiger partial charge in [0.25, 0.3) is 0 Å². The Labute approximate surface area is 366 Å². The number of rotatable bonds is 12. The number of hydrogen-bond donors (Lipinski definition) is 0. The van der Waals surface area contributed by atoms with Gasteiger partial charge in [-0.2, -0.15) is 0 Å². The molecular weight excluding hydrogens is 745 g/mol. The molecule has 0 aliphatic carbocycles. The van der Waals surface area contributed by atoms with Gasteiger partial charge in [0.05, 0.1) is 0 Å². The molecule has 0 fully saturated rings. The molecule has 0 N–H and O–H groups in total. The lowest BCUT2D eigenvalue weighted by Crippen LogP contribution is -1.91. The van der Waals surface area contributed by atoms with Gasteiger partial charge in [0.15, 0.2) is 0 Å². The van der Waals surface area contributed by atoms with Crippen molar-refractivity contribution in [3.05, 3.63) is 298 Å². The van der Waals surface area contributed by atoms with Gasteiger partial charge in [-0.1, -0.05) is 255 Å². The Kier molecular flexibility index (Phi) is 12.3. The summed E-state index contributed by atoms with van der Waals surface area (Å²) in [5.74, 6) is 0. The van der Waals surface area contributed by atoms with Gasteiger partial charge in [-0.3, -0.25) is 0 Å². The van der Waals surface area contributed by atoms with E-state index in [0.717, 1.165) is 33.4 Å². The van der Waals surface area contributed by atoms with Gasteiger partial charge in [0.1, 0.15) is 0 Å². The molecule has 0 atom stereocenters. The normalized spacial score (nSPS) is 11.1. The van der Waals surface area contributed by atoms with Crippen molar-refractivity contribution in [2.45, 2.75) is 0 Å². The summed E-state index contributed by atoms with van der Waals surface area (Å²) in [6.45, 7) is 0. The third-order valence-electron chi connectivity index (χ3n) is 11.1. The van der Waals surface area contributed by atoms with Crippen LogP contribution in [-0.4, -0.2) is 0 Å². The summed E-state index contributed by atoms with van der Waals surface area (Å²) in [7, 11) is 0. The third kappa shape index (κ3) is 9.69. The van der Waals surface area contributed by atoms with Crippen molar-refractivity contribution in [2.75, 3.05) is 0 Å². The van der Waals surface area contributed by atoms with E-state index in [0.29, 0.717) is 0 Å². The van der Waals surface area contributed by atoms with E-state index >= 15 is 0 Å². The summed E-state index contributed by atoms with van der Waals surface area (Å²) < 4.78 is 0. The van der Waals surface area contributed by atoms with E-state index < -0.39 is 0 Å².